The normalized spacial score (nSPS) is 23.5. The number of aliphatic hydroxyl groups excluding tert-OH is 2. The van der Waals surface area contributed by atoms with Crippen molar-refractivity contribution in [3.05, 3.63) is 77.8 Å². The third kappa shape index (κ3) is 4.21. The molecule has 1 aliphatic rings. The monoisotopic (exact) mass is 426 g/mol. The van der Waals surface area contributed by atoms with E-state index in [0.29, 0.717) is 18.0 Å². The minimum absolute atomic E-state index is 0.236. The number of rotatable bonds is 6. The average Bonchev–Trinajstić information content (AvgIpc) is 3.29. The van der Waals surface area contributed by atoms with Crippen molar-refractivity contribution in [1.29, 1.82) is 0 Å². The lowest BCUT2D eigenvalue weighted by Gasteiger charge is -2.19. The van der Waals surface area contributed by atoms with Crippen LogP contribution < -0.4 is 5.32 Å². The van der Waals surface area contributed by atoms with Crippen LogP contribution in [-0.4, -0.2) is 54.0 Å². The van der Waals surface area contributed by atoms with E-state index in [4.69, 9.17) is 11.6 Å². The summed E-state index contributed by atoms with van der Waals surface area (Å²) in [5.74, 6) is -0.368. The second kappa shape index (κ2) is 8.51. The molecule has 1 saturated carbocycles. The molecule has 3 aromatic rings. The quantitative estimate of drug-likeness (QED) is 0.516. The van der Waals surface area contributed by atoms with Crippen LogP contribution in [0.25, 0.3) is 0 Å². The van der Waals surface area contributed by atoms with Crippen LogP contribution in [0.2, 0.25) is 5.02 Å². The first-order chi connectivity index (χ1) is 14.4. The number of nitrogens with one attached hydrogen (secondary N) is 1. The number of hydrogen-bond acceptors (Lipinski definition) is 7. The summed E-state index contributed by atoms with van der Waals surface area (Å²) < 4.78 is 1.65. The highest BCUT2D eigenvalue weighted by Crippen LogP contribution is 2.29. The van der Waals surface area contributed by atoms with Crippen LogP contribution in [0.15, 0.2) is 49.1 Å². The summed E-state index contributed by atoms with van der Waals surface area (Å²) in [6.07, 6.45) is 2.97. The van der Waals surface area contributed by atoms with E-state index < -0.39 is 18.2 Å². The number of carbonyl (C=O) groups excluding carboxylic acids is 1. The number of ketones is 1. The molecule has 1 aliphatic carbocycles. The summed E-state index contributed by atoms with van der Waals surface area (Å²) in [7, 11) is 0. The Hall–Kier alpha value is -2.81. The first kappa shape index (κ1) is 20.5. The van der Waals surface area contributed by atoms with Gasteiger partial charge in [-0.1, -0.05) is 23.7 Å². The van der Waals surface area contributed by atoms with Crippen molar-refractivity contribution in [3.8, 4) is 0 Å². The highest BCUT2D eigenvalue weighted by atomic mass is 35.5. The maximum Gasteiger partial charge on any atom is 0.218 e. The van der Waals surface area contributed by atoms with Crippen LogP contribution in [0.1, 0.15) is 28.0 Å². The lowest BCUT2D eigenvalue weighted by atomic mass is 10.1. The summed E-state index contributed by atoms with van der Waals surface area (Å²) in [5, 5.41) is 28.2. The van der Waals surface area contributed by atoms with Gasteiger partial charge in [-0.15, -0.1) is 0 Å². The summed E-state index contributed by atoms with van der Waals surface area (Å²) in [4.78, 5) is 21.1. The predicted octanol–water partition coefficient (Wildman–Crippen LogP) is 1.96. The Morgan fingerprint density at radius 1 is 1.30 bits per heavy atom. The van der Waals surface area contributed by atoms with Crippen LogP contribution in [0.5, 0.6) is 0 Å². The highest BCUT2D eigenvalue weighted by molar-refractivity contribution is 6.30. The first-order valence-corrected chi connectivity index (χ1v) is 9.88. The van der Waals surface area contributed by atoms with E-state index in [1.807, 2.05) is 18.2 Å². The van der Waals surface area contributed by atoms with Gasteiger partial charge in [0.2, 0.25) is 5.78 Å². The smallest absolute Gasteiger partial charge is 0.218 e. The molecule has 0 saturated heterocycles. The molecule has 3 N–H and O–H groups in total. The summed E-state index contributed by atoms with van der Waals surface area (Å²) >= 11 is 6.02. The molecule has 1 aromatic carbocycles. The molecule has 1 radical (unpaired) electrons. The molecule has 0 spiro atoms. The van der Waals surface area contributed by atoms with Crippen LogP contribution in [0.4, 0.5) is 5.82 Å². The number of aromatic nitrogens is 4. The van der Waals surface area contributed by atoms with Crippen molar-refractivity contribution in [2.75, 3.05) is 5.32 Å². The number of aliphatic hydroxyl groups is 2. The van der Waals surface area contributed by atoms with Crippen molar-refractivity contribution in [2.24, 2.45) is 5.92 Å². The molecule has 1 fully saturated rings. The van der Waals surface area contributed by atoms with Gasteiger partial charge in [0, 0.05) is 17.4 Å². The third-order valence-electron chi connectivity index (χ3n) is 5.19. The van der Waals surface area contributed by atoms with Crippen molar-refractivity contribution < 1.29 is 15.0 Å². The molecule has 4 atom stereocenters. The van der Waals surface area contributed by atoms with E-state index in [0.717, 1.165) is 5.56 Å². The van der Waals surface area contributed by atoms with Gasteiger partial charge in [0.25, 0.3) is 0 Å². The molecule has 2 aromatic heterocycles. The van der Waals surface area contributed by atoms with Gasteiger partial charge in [0.1, 0.15) is 23.9 Å². The number of nitrogens with zero attached hydrogens (tertiary/aromatic N) is 4. The molecule has 2 heterocycles. The second-order valence-electron chi connectivity index (χ2n) is 7.37. The number of halogens is 1. The molecule has 8 nitrogen and oxygen atoms in total. The minimum atomic E-state index is -0.998. The second-order valence-corrected chi connectivity index (χ2v) is 7.81. The Kier molecular flexibility index (Phi) is 5.80. The standard InChI is InChI=1S/C21H21ClN5O3/c1-12-7-17(20(30)18(12)28)25-21-15(9-23-11-24-21)19(29)16-5-6-27(26-16)10-13-3-2-4-14(22)8-13/h2-6,8-9,11-12,17-18,20,28,30H,1,7,10H2,(H,23,24,25)/t12-,17-,18-,20+/m1/s1. The molecule has 4 rings (SSSR count). The molecular weight excluding hydrogens is 406 g/mol. The molecule has 0 aliphatic heterocycles. The Balaban J connectivity index is 1.52. The van der Waals surface area contributed by atoms with Crippen molar-refractivity contribution in [1.82, 2.24) is 19.7 Å². The van der Waals surface area contributed by atoms with Gasteiger partial charge in [0.05, 0.1) is 24.3 Å². The lowest BCUT2D eigenvalue weighted by molar-refractivity contribution is 0.0256. The highest BCUT2D eigenvalue weighted by Gasteiger charge is 2.39. The van der Waals surface area contributed by atoms with Crippen molar-refractivity contribution in [3.63, 3.8) is 0 Å². The fraction of sp³-hybridized carbons (Fsp3) is 0.286. The number of carbonyl (C=O) groups is 1. The Bertz CT molecular complexity index is 1060. The van der Waals surface area contributed by atoms with Gasteiger partial charge in [-0.3, -0.25) is 9.48 Å². The fourth-order valence-electron chi connectivity index (χ4n) is 3.58. The number of hydrogen-bond donors (Lipinski definition) is 3. The zero-order valence-corrected chi connectivity index (χ0v) is 16.8. The Labute approximate surface area is 178 Å². The minimum Gasteiger partial charge on any atom is -0.390 e. The van der Waals surface area contributed by atoms with E-state index in [1.165, 1.54) is 12.5 Å². The van der Waals surface area contributed by atoms with Gasteiger partial charge < -0.3 is 15.5 Å². The van der Waals surface area contributed by atoms with Gasteiger partial charge in [-0.2, -0.15) is 5.10 Å². The summed E-state index contributed by atoms with van der Waals surface area (Å²) in [6, 6.07) is 8.59. The van der Waals surface area contributed by atoms with E-state index >= 15 is 0 Å². The van der Waals surface area contributed by atoms with Crippen molar-refractivity contribution in [2.45, 2.75) is 31.2 Å². The SMILES string of the molecule is [CH2][C@@H]1C[C@@H](Nc2ncncc2C(=O)c2ccn(Cc3cccc(Cl)c3)n2)[C@H](O)[C@@H]1O. The topological polar surface area (TPSA) is 113 Å². The molecule has 0 unspecified atom stereocenters. The average molecular weight is 427 g/mol. The predicted molar refractivity (Wildman–Crippen MR) is 111 cm³/mol. The van der Waals surface area contributed by atoms with Crippen LogP contribution in [0, 0.1) is 12.8 Å². The Morgan fingerprint density at radius 2 is 2.13 bits per heavy atom. The van der Waals surface area contributed by atoms with Crippen LogP contribution in [-0.2, 0) is 6.54 Å². The fourth-order valence-corrected chi connectivity index (χ4v) is 3.80. The zero-order valence-electron chi connectivity index (χ0n) is 16.0. The molecule has 155 valence electrons. The van der Waals surface area contributed by atoms with E-state index in [1.54, 1.807) is 23.0 Å². The van der Waals surface area contributed by atoms with Gasteiger partial charge in [0.15, 0.2) is 0 Å². The third-order valence-corrected chi connectivity index (χ3v) is 5.42. The van der Waals surface area contributed by atoms with Gasteiger partial charge >= 0.3 is 0 Å². The van der Waals surface area contributed by atoms with E-state index in [-0.39, 0.29) is 28.8 Å². The molecular formula is C21H21ClN5O3. The summed E-state index contributed by atoms with van der Waals surface area (Å²) in [6.45, 7) is 4.31. The van der Waals surface area contributed by atoms with Crippen LogP contribution in [0.3, 0.4) is 0 Å². The zero-order chi connectivity index (χ0) is 21.3. The van der Waals surface area contributed by atoms with Crippen molar-refractivity contribution >= 4 is 23.2 Å². The maximum atomic E-state index is 13.0. The molecule has 0 bridgehead atoms. The molecule has 30 heavy (non-hydrogen) atoms. The first-order valence-electron chi connectivity index (χ1n) is 9.50. The Morgan fingerprint density at radius 3 is 2.87 bits per heavy atom. The van der Waals surface area contributed by atoms with Gasteiger partial charge in [-0.25, -0.2) is 9.97 Å². The van der Waals surface area contributed by atoms with Gasteiger partial charge in [-0.05, 0) is 43.0 Å². The van der Waals surface area contributed by atoms with E-state index in [2.05, 4.69) is 27.3 Å². The number of benzene rings is 1. The molecule has 9 heteroatoms. The molecule has 0 amide bonds. The van der Waals surface area contributed by atoms with Crippen LogP contribution >= 0.6 is 11.6 Å². The largest absolute Gasteiger partial charge is 0.390 e. The summed E-state index contributed by atoms with van der Waals surface area (Å²) in [5.41, 5.74) is 1.45. The maximum absolute atomic E-state index is 13.0. The number of anilines is 1. The lowest BCUT2D eigenvalue weighted by Crippen LogP contribution is -2.35. The van der Waals surface area contributed by atoms with E-state index in [9.17, 15) is 15.0 Å².